The van der Waals surface area contributed by atoms with Gasteiger partial charge in [-0.1, -0.05) is 0 Å². The van der Waals surface area contributed by atoms with E-state index in [-0.39, 0.29) is 30.3 Å². The molecule has 2 atom stereocenters. The highest BCUT2D eigenvalue weighted by atomic mass is 16.5. The SMILES string of the molecule is CCN(CCC(=O)OC)C(=O)C1COC(C)C1. The number of ether oxygens (including phenoxy) is 2. The first kappa shape index (κ1) is 14.0. The van der Waals surface area contributed by atoms with E-state index in [1.54, 1.807) is 4.90 Å². The van der Waals surface area contributed by atoms with Crippen molar-refractivity contribution < 1.29 is 19.1 Å². The van der Waals surface area contributed by atoms with E-state index >= 15 is 0 Å². The van der Waals surface area contributed by atoms with Crippen LogP contribution in [0.5, 0.6) is 0 Å². The second kappa shape index (κ2) is 6.59. The smallest absolute Gasteiger partial charge is 0.307 e. The molecular weight excluding hydrogens is 222 g/mol. The van der Waals surface area contributed by atoms with Crippen molar-refractivity contribution in [1.29, 1.82) is 0 Å². The average Bonchev–Trinajstić information content (AvgIpc) is 2.76. The van der Waals surface area contributed by atoms with Crippen molar-refractivity contribution in [2.45, 2.75) is 32.8 Å². The molecule has 1 saturated heterocycles. The molecule has 1 rings (SSSR count). The highest BCUT2D eigenvalue weighted by Crippen LogP contribution is 2.21. The highest BCUT2D eigenvalue weighted by Gasteiger charge is 2.31. The fraction of sp³-hybridized carbons (Fsp3) is 0.833. The van der Waals surface area contributed by atoms with Gasteiger partial charge in [0.2, 0.25) is 5.91 Å². The Morgan fingerprint density at radius 3 is 2.65 bits per heavy atom. The monoisotopic (exact) mass is 243 g/mol. The van der Waals surface area contributed by atoms with Gasteiger partial charge in [-0.2, -0.15) is 0 Å². The van der Waals surface area contributed by atoms with Gasteiger partial charge in [0.25, 0.3) is 0 Å². The van der Waals surface area contributed by atoms with E-state index in [4.69, 9.17) is 4.74 Å². The summed E-state index contributed by atoms with van der Waals surface area (Å²) in [6, 6.07) is 0. The number of nitrogens with zero attached hydrogens (tertiary/aromatic N) is 1. The summed E-state index contributed by atoms with van der Waals surface area (Å²) in [5.74, 6) is -0.254. The number of hydrogen-bond donors (Lipinski definition) is 0. The molecule has 1 aliphatic heterocycles. The van der Waals surface area contributed by atoms with Crippen molar-refractivity contribution in [1.82, 2.24) is 4.90 Å². The van der Waals surface area contributed by atoms with Crippen molar-refractivity contribution in [2.24, 2.45) is 5.92 Å². The summed E-state index contributed by atoms with van der Waals surface area (Å²) in [4.78, 5) is 24.9. The highest BCUT2D eigenvalue weighted by molar-refractivity contribution is 5.80. The summed E-state index contributed by atoms with van der Waals surface area (Å²) in [5.41, 5.74) is 0. The maximum Gasteiger partial charge on any atom is 0.307 e. The van der Waals surface area contributed by atoms with E-state index in [1.807, 2.05) is 13.8 Å². The van der Waals surface area contributed by atoms with Crippen LogP contribution in [0.1, 0.15) is 26.7 Å². The summed E-state index contributed by atoms with van der Waals surface area (Å²) < 4.78 is 9.95. The molecule has 5 nitrogen and oxygen atoms in total. The van der Waals surface area contributed by atoms with Crippen molar-refractivity contribution in [2.75, 3.05) is 26.8 Å². The third kappa shape index (κ3) is 4.00. The zero-order valence-corrected chi connectivity index (χ0v) is 10.8. The first-order valence-corrected chi connectivity index (χ1v) is 6.05. The third-order valence-corrected chi connectivity index (χ3v) is 3.05. The quantitative estimate of drug-likeness (QED) is 0.671. The van der Waals surface area contributed by atoms with Gasteiger partial charge in [0.1, 0.15) is 0 Å². The fourth-order valence-electron chi connectivity index (χ4n) is 2.00. The van der Waals surface area contributed by atoms with E-state index < -0.39 is 0 Å². The van der Waals surface area contributed by atoms with Crippen molar-refractivity contribution in [3.05, 3.63) is 0 Å². The fourth-order valence-corrected chi connectivity index (χ4v) is 2.00. The van der Waals surface area contributed by atoms with Crippen LogP contribution in [-0.2, 0) is 19.1 Å². The normalized spacial score (nSPS) is 23.5. The zero-order chi connectivity index (χ0) is 12.8. The summed E-state index contributed by atoms with van der Waals surface area (Å²) in [6.45, 7) is 5.41. The zero-order valence-electron chi connectivity index (χ0n) is 10.8. The summed E-state index contributed by atoms with van der Waals surface area (Å²) in [6.07, 6.45) is 1.18. The Hall–Kier alpha value is -1.10. The van der Waals surface area contributed by atoms with Gasteiger partial charge in [-0.15, -0.1) is 0 Å². The number of hydrogen-bond acceptors (Lipinski definition) is 4. The van der Waals surface area contributed by atoms with E-state index in [0.717, 1.165) is 6.42 Å². The Labute approximate surface area is 102 Å². The van der Waals surface area contributed by atoms with E-state index in [9.17, 15) is 9.59 Å². The first-order chi connectivity index (χ1) is 8.08. The molecule has 0 aromatic carbocycles. The molecule has 1 amide bonds. The number of amides is 1. The number of rotatable bonds is 5. The number of carbonyl (C=O) groups excluding carboxylic acids is 2. The van der Waals surface area contributed by atoms with Gasteiger partial charge in [0, 0.05) is 13.1 Å². The molecule has 2 unspecified atom stereocenters. The van der Waals surface area contributed by atoms with Crippen LogP contribution in [0.2, 0.25) is 0 Å². The molecule has 98 valence electrons. The lowest BCUT2D eigenvalue weighted by Gasteiger charge is -2.23. The Kier molecular flexibility index (Phi) is 5.41. The lowest BCUT2D eigenvalue weighted by atomic mass is 10.0. The van der Waals surface area contributed by atoms with Crippen LogP contribution in [0.4, 0.5) is 0 Å². The number of methoxy groups -OCH3 is 1. The Morgan fingerprint density at radius 2 is 2.18 bits per heavy atom. The maximum absolute atomic E-state index is 12.1. The van der Waals surface area contributed by atoms with Gasteiger partial charge in [0.15, 0.2) is 0 Å². The second-order valence-corrected chi connectivity index (χ2v) is 4.32. The summed E-state index contributed by atoms with van der Waals surface area (Å²) in [7, 11) is 1.35. The van der Waals surface area contributed by atoms with Gasteiger partial charge in [-0.3, -0.25) is 9.59 Å². The lowest BCUT2D eigenvalue weighted by Crippen LogP contribution is -2.37. The predicted molar refractivity (Wildman–Crippen MR) is 62.4 cm³/mol. The van der Waals surface area contributed by atoms with Gasteiger partial charge < -0.3 is 14.4 Å². The lowest BCUT2D eigenvalue weighted by molar-refractivity contribution is -0.142. The Morgan fingerprint density at radius 1 is 1.47 bits per heavy atom. The van der Waals surface area contributed by atoms with E-state index in [1.165, 1.54) is 7.11 Å². The topological polar surface area (TPSA) is 55.8 Å². The van der Waals surface area contributed by atoms with Crippen molar-refractivity contribution in [3.8, 4) is 0 Å². The average molecular weight is 243 g/mol. The third-order valence-electron chi connectivity index (χ3n) is 3.05. The summed E-state index contributed by atoms with van der Waals surface area (Å²) in [5, 5.41) is 0. The molecule has 0 saturated carbocycles. The van der Waals surface area contributed by atoms with Crippen LogP contribution < -0.4 is 0 Å². The second-order valence-electron chi connectivity index (χ2n) is 4.32. The van der Waals surface area contributed by atoms with Crippen molar-refractivity contribution in [3.63, 3.8) is 0 Å². The standard InChI is InChI=1S/C12H21NO4/c1-4-13(6-5-11(14)16-3)12(15)10-7-9(2)17-8-10/h9-10H,4-8H2,1-3H3. The predicted octanol–water partition coefficient (Wildman–Crippen LogP) is 0.823. The van der Waals surface area contributed by atoms with Crippen LogP contribution in [0.15, 0.2) is 0 Å². The minimum atomic E-state index is -0.285. The molecule has 0 bridgehead atoms. The molecule has 0 radical (unpaired) electrons. The molecule has 0 spiro atoms. The van der Waals surface area contributed by atoms with E-state index in [2.05, 4.69) is 4.74 Å². The number of esters is 1. The molecule has 1 heterocycles. The Balaban J connectivity index is 2.43. The molecule has 0 aromatic rings. The van der Waals surface area contributed by atoms with Gasteiger partial charge >= 0.3 is 5.97 Å². The van der Waals surface area contributed by atoms with Gasteiger partial charge in [-0.25, -0.2) is 0 Å². The van der Waals surface area contributed by atoms with Crippen molar-refractivity contribution >= 4 is 11.9 Å². The van der Waals surface area contributed by atoms with Crippen LogP contribution in [0.3, 0.4) is 0 Å². The molecule has 1 aliphatic rings. The van der Waals surface area contributed by atoms with Gasteiger partial charge in [0.05, 0.1) is 32.2 Å². The molecule has 5 heteroatoms. The minimum absolute atomic E-state index is 0.0532. The van der Waals surface area contributed by atoms with E-state index in [0.29, 0.717) is 19.7 Å². The molecular formula is C12H21NO4. The first-order valence-electron chi connectivity index (χ1n) is 6.05. The molecule has 1 fully saturated rings. The maximum atomic E-state index is 12.1. The molecule has 17 heavy (non-hydrogen) atoms. The molecule has 0 aliphatic carbocycles. The number of carbonyl (C=O) groups is 2. The largest absolute Gasteiger partial charge is 0.469 e. The van der Waals surface area contributed by atoms with Crippen LogP contribution in [-0.4, -0.2) is 49.7 Å². The summed E-state index contributed by atoms with van der Waals surface area (Å²) >= 11 is 0. The van der Waals surface area contributed by atoms with Crippen LogP contribution in [0.25, 0.3) is 0 Å². The molecule has 0 N–H and O–H groups in total. The van der Waals surface area contributed by atoms with Crippen LogP contribution >= 0.6 is 0 Å². The minimum Gasteiger partial charge on any atom is -0.469 e. The Bertz CT molecular complexity index is 280. The molecule has 0 aromatic heterocycles. The van der Waals surface area contributed by atoms with Crippen LogP contribution in [0, 0.1) is 5.92 Å². The van der Waals surface area contributed by atoms with Gasteiger partial charge in [-0.05, 0) is 20.3 Å².